The highest BCUT2D eigenvalue weighted by Gasteiger charge is 2.30. The molecule has 0 unspecified atom stereocenters. The Balaban J connectivity index is 1.25. The maximum absolute atomic E-state index is 14.1. The number of nitrogens with zero attached hydrogens (tertiary/aromatic N) is 7. The van der Waals surface area contributed by atoms with E-state index in [4.69, 9.17) is 15.0 Å². The molecule has 0 saturated heterocycles. The fraction of sp³-hybridized carbons (Fsp3) is 0. The van der Waals surface area contributed by atoms with E-state index in [1.54, 1.807) is 12.1 Å². The average molecular weight is 892 g/mol. The third-order valence-corrected chi connectivity index (χ3v) is 15.3. The smallest absolute Gasteiger partial charge is 0.206 e. The number of hydrogen-bond donors (Lipinski definition) is 0. The minimum Gasteiger partial charge on any atom is -0.308 e. The summed E-state index contributed by atoms with van der Waals surface area (Å²) in [5.74, 6) is 0. The van der Waals surface area contributed by atoms with Gasteiger partial charge in [-0.25, -0.2) is 8.42 Å². The van der Waals surface area contributed by atoms with Crippen molar-refractivity contribution in [1.82, 2.24) is 28.7 Å². The molecule has 0 fully saturated rings. The van der Waals surface area contributed by atoms with Gasteiger partial charge in [0.15, 0.2) is 0 Å². The van der Waals surface area contributed by atoms with Crippen LogP contribution in [0.25, 0.3) is 115 Å². The molecule has 0 spiro atoms. The quantitative estimate of drug-likeness (QED) is 0.170. The van der Waals surface area contributed by atoms with Crippen molar-refractivity contribution >= 4 is 108 Å². The topological polar surface area (TPSA) is 111 Å². The van der Waals surface area contributed by atoms with Crippen LogP contribution in [-0.2, 0) is 9.84 Å². The zero-order chi connectivity index (χ0) is 45.3. The van der Waals surface area contributed by atoms with Gasteiger partial charge in [-0.1, -0.05) is 54.6 Å². The number of nitriles is 1. The second kappa shape index (κ2) is 14.2. The second-order valence-electron chi connectivity index (χ2n) is 17.2. The van der Waals surface area contributed by atoms with E-state index in [1.165, 1.54) is 24.3 Å². The van der Waals surface area contributed by atoms with Crippen molar-refractivity contribution in [2.24, 2.45) is 0 Å². The van der Waals surface area contributed by atoms with Crippen LogP contribution in [0.2, 0.25) is 0 Å². The Morgan fingerprint density at radius 3 is 1.12 bits per heavy atom. The first-order valence-electron chi connectivity index (χ1n) is 22.2. The first-order valence-corrected chi connectivity index (χ1v) is 23.7. The molecule has 318 valence electrons. The minimum atomic E-state index is -3.92. The lowest BCUT2D eigenvalue weighted by Gasteiger charge is -2.14. The number of fused-ring (bicyclic) bond motifs is 15. The molecule has 0 amide bonds. The molecular weight excluding hydrogens is 859 g/mol. The van der Waals surface area contributed by atoms with Gasteiger partial charge in [0.1, 0.15) is 0 Å². The fourth-order valence-electron chi connectivity index (χ4n) is 10.6. The highest BCUT2D eigenvalue weighted by atomic mass is 32.2. The highest BCUT2D eigenvalue weighted by Crippen LogP contribution is 2.51. The van der Waals surface area contributed by atoms with E-state index in [0.29, 0.717) is 5.56 Å². The van der Waals surface area contributed by atoms with Crippen molar-refractivity contribution in [3.63, 3.8) is 0 Å². The van der Waals surface area contributed by atoms with E-state index >= 15 is 0 Å². The summed E-state index contributed by atoms with van der Waals surface area (Å²) in [4.78, 5) is 15.0. The molecule has 0 saturated carbocycles. The third kappa shape index (κ3) is 5.36. The molecule has 68 heavy (non-hydrogen) atoms. The average Bonchev–Trinajstić information content (AvgIpc) is 4.01. The van der Waals surface area contributed by atoms with Gasteiger partial charge < -0.3 is 13.7 Å². The van der Waals surface area contributed by atoms with Gasteiger partial charge >= 0.3 is 0 Å². The molecule has 9 nitrogen and oxygen atoms in total. The lowest BCUT2D eigenvalue weighted by atomic mass is 10.0. The van der Waals surface area contributed by atoms with Crippen molar-refractivity contribution in [2.45, 2.75) is 9.79 Å². The number of hydrogen-bond acceptors (Lipinski definition) is 6. The fourth-order valence-corrected chi connectivity index (χ4v) is 11.8. The van der Waals surface area contributed by atoms with Crippen LogP contribution in [0.3, 0.4) is 0 Å². The Labute approximate surface area is 387 Å². The molecule has 14 aromatic rings. The lowest BCUT2D eigenvalue weighted by Crippen LogP contribution is -2.03. The van der Waals surface area contributed by atoms with Crippen molar-refractivity contribution in [3.8, 4) is 23.1 Å². The van der Waals surface area contributed by atoms with Crippen LogP contribution in [0.15, 0.2) is 210 Å². The second-order valence-corrected chi connectivity index (χ2v) is 19.1. The van der Waals surface area contributed by atoms with E-state index < -0.39 is 9.84 Å². The van der Waals surface area contributed by atoms with Gasteiger partial charge in [-0.15, -0.1) is 0 Å². The van der Waals surface area contributed by atoms with Crippen molar-refractivity contribution in [3.05, 3.63) is 206 Å². The van der Waals surface area contributed by atoms with Crippen LogP contribution in [0.5, 0.6) is 0 Å². The van der Waals surface area contributed by atoms with E-state index in [9.17, 15) is 13.7 Å². The molecule has 0 aliphatic rings. The summed E-state index contributed by atoms with van der Waals surface area (Å²) in [6, 6.07) is 62.0. The molecule has 10 heteroatoms. The van der Waals surface area contributed by atoms with Gasteiger partial charge in [0, 0.05) is 84.1 Å². The number of pyridine rings is 3. The maximum atomic E-state index is 14.1. The number of benzene rings is 8. The van der Waals surface area contributed by atoms with E-state index in [2.05, 4.69) is 123 Å². The summed E-state index contributed by atoms with van der Waals surface area (Å²) in [5, 5.41) is 18.6. The number of rotatable bonds is 5. The van der Waals surface area contributed by atoms with Gasteiger partial charge in [-0.3, -0.25) is 15.0 Å². The predicted octanol–water partition coefficient (Wildman–Crippen LogP) is 13.3. The summed E-state index contributed by atoms with van der Waals surface area (Å²) >= 11 is 0. The van der Waals surface area contributed by atoms with Gasteiger partial charge in [0.25, 0.3) is 0 Å². The van der Waals surface area contributed by atoms with Crippen LogP contribution in [0.4, 0.5) is 0 Å². The number of para-hydroxylation sites is 2. The van der Waals surface area contributed by atoms with Crippen LogP contribution >= 0.6 is 0 Å². The molecule has 6 heterocycles. The van der Waals surface area contributed by atoms with Crippen molar-refractivity contribution in [2.75, 3.05) is 0 Å². The van der Waals surface area contributed by atoms with Gasteiger partial charge in [-0.2, -0.15) is 5.26 Å². The Kier molecular flexibility index (Phi) is 7.94. The largest absolute Gasteiger partial charge is 0.308 e. The first kappa shape index (κ1) is 38.1. The molecule has 14 rings (SSSR count). The SMILES string of the molecule is N#Cc1ccc(S(=O)(=O)c2ccc(-n3c4cc5cccnc5cc4c4c5c(c6cc7ncccc7cc6n5-c5ccccc5)c5c(c6cc7ncccc7cc6n5-c5ccccc5)c43)cc2)cc1. The van der Waals surface area contributed by atoms with E-state index in [1.807, 2.05) is 61.1 Å². The molecule has 6 aromatic heterocycles. The molecule has 0 aliphatic carbocycles. The highest BCUT2D eigenvalue weighted by molar-refractivity contribution is 7.91. The first-order chi connectivity index (χ1) is 33.4. The summed E-state index contributed by atoms with van der Waals surface area (Å²) in [5.41, 5.74) is 11.8. The van der Waals surface area contributed by atoms with Gasteiger partial charge in [0.2, 0.25) is 9.84 Å². The van der Waals surface area contributed by atoms with Crippen LogP contribution in [-0.4, -0.2) is 37.1 Å². The van der Waals surface area contributed by atoms with E-state index in [-0.39, 0.29) is 9.79 Å². The van der Waals surface area contributed by atoms with Gasteiger partial charge in [0.05, 0.1) is 71.1 Å². The van der Waals surface area contributed by atoms with Crippen molar-refractivity contribution < 1.29 is 8.42 Å². The third-order valence-electron chi connectivity index (χ3n) is 13.5. The Hall–Kier alpha value is -9.17. The van der Waals surface area contributed by atoms with Crippen molar-refractivity contribution in [1.29, 1.82) is 5.26 Å². The summed E-state index contributed by atoms with van der Waals surface area (Å²) < 4.78 is 35.4. The summed E-state index contributed by atoms with van der Waals surface area (Å²) in [6.45, 7) is 0. The summed E-state index contributed by atoms with van der Waals surface area (Å²) in [7, 11) is -3.92. The maximum Gasteiger partial charge on any atom is 0.206 e. The Bertz CT molecular complexity index is 4540. The molecule has 0 aliphatic heterocycles. The molecule has 0 radical (unpaired) electrons. The monoisotopic (exact) mass is 891 g/mol. The molecule has 0 atom stereocenters. The molecule has 0 bridgehead atoms. The Morgan fingerprint density at radius 1 is 0.397 bits per heavy atom. The van der Waals surface area contributed by atoms with E-state index in [0.717, 1.165) is 115 Å². The Morgan fingerprint density at radius 2 is 0.750 bits per heavy atom. The van der Waals surface area contributed by atoms with Crippen LogP contribution in [0.1, 0.15) is 5.56 Å². The molecule has 8 aromatic carbocycles. The molecule has 0 N–H and O–H groups in total. The zero-order valence-electron chi connectivity index (χ0n) is 35.9. The minimum absolute atomic E-state index is 0.121. The molecular formula is C58H33N7O2S. The summed E-state index contributed by atoms with van der Waals surface area (Å²) in [6.07, 6.45) is 5.52. The number of aromatic nitrogens is 6. The normalized spacial score (nSPS) is 12.2. The van der Waals surface area contributed by atoms with Crippen LogP contribution in [0, 0.1) is 11.3 Å². The number of sulfone groups is 1. The predicted molar refractivity (Wildman–Crippen MR) is 272 cm³/mol. The van der Waals surface area contributed by atoms with Crippen LogP contribution < -0.4 is 0 Å². The standard InChI is InChI=1S/C58H33N7O2S/c59-34-35-17-21-42(22-18-35)68(66,67)43-23-19-41(20-24-43)65-52-30-38-12-9-27-62-49(38)33-46(52)55-57-53(44-31-47-36(10-7-25-60-47)28-50(44)63(57)39-13-3-1-4-14-39)56-54(58(55)65)45-32-48-37(11-8-26-61-48)29-51(45)64(56)40-15-5-2-6-16-40/h1-33H. The lowest BCUT2D eigenvalue weighted by molar-refractivity contribution is 0.596. The zero-order valence-corrected chi connectivity index (χ0v) is 36.7. The van der Waals surface area contributed by atoms with Gasteiger partial charge in [-0.05, 0) is 127 Å².